The smallest absolute Gasteiger partial charge is 0.200 e. The van der Waals surface area contributed by atoms with Crippen molar-refractivity contribution in [2.45, 2.75) is 64.2 Å². The van der Waals surface area contributed by atoms with Gasteiger partial charge in [-0.05, 0) is 19.3 Å². The van der Waals surface area contributed by atoms with Crippen molar-refractivity contribution in [2.24, 2.45) is 0 Å². The largest absolute Gasteiger partial charge is 0.203 e. The molecule has 0 amide bonds. The lowest BCUT2D eigenvalue weighted by molar-refractivity contribution is 0.368. The Morgan fingerprint density at radius 3 is 1.26 bits per heavy atom. The molecule has 0 aliphatic rings. The van der Waals surface area contributed by atoms with Gasteiger partial charge in [0.1, 0.15) is 0 Å². The van der Waals surface area contributed by atoms with E-state index in [1.54, 1.807) is 0 Å². The van der Waals surface area contributed by atoms with Gasteiger partial charge in [0, 0.05) is 10.9 Å². The predicted octanol–water partition coefficient (Wildman–Crippen LogP) is 6.83. The van der Waals surface area contributed by atoms with Crippen molar-refractivity contribution < 1.29 is 22.0 Å². The van der Waals surface area contributed by atoms with E-state index in [1.807, 2.05) is 0 Å². The Morgan fingerprint density at radius 1 is 0.478 bits per heavy atom. The van der Waals surface area contributed by atoms with E-state index in [1.165, 1.54) is 25.7 Å². The van der Waals surface area contributed by atoms with Gasteiger partial charge in [0.2, 0.25) is 5.82 Å². The first kappa shape index (κ1) is 20.4. The van der Waals surface area contributed by atoms with Crippen LogP contribution in [0, 0.1) is 29.1 Å². The molecule has 0 nitrogen and oxygen atoms in total. The van der Waals surface area contributed by atoms with E-state index in [0.717, 1.165) is 31.0 Å². The quantitative estimate of drug-likeness (QED) is 0.125. The summed E-state index contributed by atoms with van der Waals surface area (Å²) in [5, 5.41) is 1.03. The first-order chi connectivity index (χ1) is 11.0. The molecule has 132 valence electrons. The molecule has 0 spiro atoms. The van der Waals surface area contributed by atoms with Gasteiger partial charge in [-0.15, -0.1) is 0 Å². The van der Waals surface area contributed by atoms with Crippen LogP contribution in [0.5, 0.6) is 0 Å². The molecule has 0 bridgehead atoms. The lowest BCUT2D eigenvalue weighted by Crippen LogP contribution is -2.07. The molecule has 0 saturated carbocycles. The average Bonchev–Trinajstić information content (AvgIpc) is 2.55. The second kappa shape index (κ2) is 11.0. The standard InChI is InChI=1S/C17H22BrF5/c18-11-9-7-5-3-1-2-4-6-8-10-12-13(19)15(21)17(23)16(22)14(12)20/h1-11H2. The Kier molecular flexibility index (Phi) is 9.75. The SMILES string of the molecule is Fc1c(F)c(F)c(CCCCCCCCCCCBr)c(F)c1F. The van der Waals surface area contributed by atoms with Gasteiger partial charge in [-0.2, -0.15) is 0 Å². The molecule has 0 heterocycles. The Morgan fingerprint density at radius 2 is 0.826 bits per heavy atom. The van der Waals surface area contributed by atoms with Crippen molar-refractivity contribution in [2.75, 3.05) is 5.33 Å². The van der Waals surface area contributed by atoms with E-state index in [2.05, 4.69) is 15.9 Å². The Bertz CT molecular complexity index is 461. The van der Waals surface area contributed by atoms with Gasteiger partial charge in [-0.25, -0.2) is 22.0 Å². The Labute approximate surface area is 142 Å². The third kappa shape index (κ3) is 6.40. The maximum atomic E-state index is 13.5. The average molecular weight is 401 g/mol. The summed E-state index contributed by atoms with van der Waals surface area (Å²) in [6.45, 7) is 0. The topological polar surface area (TPSA) is 0 Å². The van der Waals surface area contributed by atoms with Crippen LogP contribution in [0.15, 0.2) is 0 Å². The van der Waals surface area contributed by atoms with Crippen LogP contribution in [0.2, 0.25) is 0 Å². The van der Waals surface area contributed by atoms with Crippen LogP contribution in [-0.4, -0.2) is 5.33 Å². The highest BCUT2D eigenvalue weighted by atomic mass is 79.9. The fraction of sp³-hybridized carbons (Fsp3) is 0.647. The van der Waals surface area contributed by atoms with E-state index in [9.17, 15) is 22.0 Å². The summed E-state index contributed by atoms with van der Waals surface area (Å²) in [5.74, 6) is -9.21. The van der Waals surface area contributed by atoms with Crippen LogP contribution in [0.3, 0.4) is 0 Å². The monoisotopic (exact) mass is 400 g/mol. The third-order valence-corrected chi connectivity index (χ3v) is 4.42. The zero-order valence-electron chi connectivity index (χ0n) is 13.0. The number of rotatable bonds is 11. The van der Waals surface area contributed by atoms with Crippen LogP contribution in [0.4, 0.5) is 22.0 Å². The molecule has 0 atom stereocenters. The molecule has 0 N–H and O–H groups in total. The molecule has 0 aliphatic heterocycles. The summed E-state index contributed by atoms with van der Waals surface area (Å²) in [6.07, 6.45) is 8.85. The van der Waals surface area contributed by atoms with E-state index >= 15 is 0 Å². The fourth-order valence-electron chi connectivity index (χ4n) is 2.50. The zero-order valence-corrected chi connectivity index (χ0v) is 14.6. The molecule has 6 heteroatoms. The Balaban J connectivity index is 2.27. The predicted molar refractivity (Wildman–Crippen MR) is 85.3 cm³/mol. The van der Waals surface area contributed by atoms with Crippen molar-refractivity contribution in [3.63, 3.8) is 0 Å². The summed E-state index contributed by atoms with van der Waals surface area (Å²) < 4.78 is 65.9. The molecule has 1 rings (SSSR count). The van der Waals surface area contributed by atoms with Crippen molar-refractivity contribution >= 4 is 15.9 Å². The molecule has 0 unspecified atom stereocenters. The van der Waals surface area contributed by atoms with E-state index in [4.69, 9.17) is 0 Å². The number of alkyl halides is 1. The number of halogens is 6. The molecule has 0 fully saturated rings. The molecular weight excluding hydrogens is 379 g/mol. The molecule has 0 aromatic heterocycles. The van der Waals surface area contributed by atoms with Gasteiger partial charge in [-0.3, -0.25) is 0 Å². The minimum atomic E-state index is -2.09. The maximum absolute atomic E-state index is 13.5. The van der Waals surface area contributed by atoms with Gasteiger partial charge in [-0.1, -0.05) is 60.9 Å². The van der Waals surface area contributed by atoms with Crippen LogP contribution in [0.25, 0.3) is 0 Å². The van der Waals surface area contributed by atoms with Crippen molar-refractivity contribution in [3.05, 3.63) is 34.6 Å². The van der Waals surface area contributed by atoms with Crippen molar-refractivity contribution in [3.8, 4) is 0 Å². The molecule has 0 saturated heterocycles. The highest BCUT2D eigenvalue weighted by Gasteiger charge is 2.24. The molecule has 0 aliphatic carbocycles. The molecular formula is C17H22BrF5. The van der Waals surface area contributed by atoms with E-state index in [0.29, 0.717) is 6.42 Å². The third-order valence-electron chi connectivity index (χ3n) is 3.86. The minimum Gasteiger partial charge on any atom is -0.203 e. The van der Waals surface area contributed by atoms with Crippen molar-refractivity contribution in [1.82, 2.24) is 0 Å². The minimum absolute atomic E-state index is 0.128. The molecule has 1 aromatic rings. The highest BCUT2D eigenvalue weighted by molar-refractivity contribution is 9.09. The lowest BCUT2D eigenvalue weighted by atomic mass is 10.0. The Hall–Kier alpha value is -0.650. The van der Waals surface area contributed by atoms with Gasteiger partial charge < -0.3 is 0 Å². The van der Waals surface area contributed by atoms with Crippen molar-refractivity contribution in [1.29, 1.82) is 0 Å². The number of hydrogen-bond acceptors (Lipinski definition) is 0. The van der Waals surface area contributed by atoms with E-state index in [-0.39, 0.29) is 6.42 Å². The van der Waals surface area contributed by atoms with E-state index < -0.39 is 34.6 Å². The lowest BCUT2D eigenvalue weighted by Gasteiger charge is -2.08. The van der Waals surface area contributed by atoms with Crippen LogP contribution in [0.1, 0.15) is 63.4 Å². The number of unbranched alkanes of at least 4 members (excludes halogenated alkanes) is 8. The number of hydrogen-bond donors (Lipinski definition) is 0. The molecule has 0 radical (unpaired) electrons. The zero-order chi connectivity index (χ0) is 17.2. The summed E-state index contributed by atoms with van der Waals surface area (Å²) >= 11 is 3.38. The second-order valence-electron chi connectivity index (χ2n) is 5.67. The normalized spacial score (nSPS) is 11.2. The van der Waals surface area contributed by atoms with Crippen LogP contribution in [-0.2, 0) is 6.42 Å². The number of benzene rings is 1. The van der Waals surface area contributed by atoms with Gasteiger partial charge in [0.25, 0.3) is 0 Å². The molecule has 1 aromatic carbocycles. The summed E-state index contributed by atoms with van der Waals surface area (Å²) in [7, 11) is 0. The van der Waals surface area contributed by atoms with Crippen LogP contribution < -0.4 is 0 Å². The summed E-state index contributed by atoms with van der Waals surface area (Å²) in [4.78, 5) is 0. The van der Waals surface area contributed by atoms with Crippen LogP contribution >= 0.6 is 15.9 Å². The highest BCUT2D eigenvalue weighted by Crippen LogP contribution is 2.24. The summed E-state index contributed by atoms with van der Waals surface area (Å²) in [6, 6.07) is 0. The maximum Gasteiger partial charge on any atom is 0.200 e. The fourth-order valence-corrected chi connectivity index (χ4v) is 2.90. The van der Waals surface area contributed by atoms with Gasteiger partial charge in [0.05, 0.1) is 0 Å². The second-order valence-corrected chi connectivity index (χ2v) is 6.46. The first-order valence-corrected chi connectivity index (χ1v) is 9.19. The van der Waals surface area contributed by atoms with Gasteiger partial charge >= 0.3 is 0 Å². The first-order valence-electron chi connectivity index (χ1n) is 8.07. The van der Waals surface area contributed by atoms with Gasteiger partial charge in [0.15, 0.2) is 23.3 Å². The molecule has 23 heavy (non-hydrogen) atoms. The summed E-state index contributed by atoms with van der Waals surface area (Å²) in [5.41, 5.74) is -0.698.